The van der Waals surface area contributed by atoms with Crippen molar-refractivity contribution >= 4 is 0 Å². The Morgan fingerprint density at radius 1 is 1.00 bits per heavy atom. The molecule has 1 aromatic carbocycles. The molecule has 0 aliphatic heterocycles. The molecular formula is C11H13F3. The molecule has 1 unspecified atom stereocenters. The molecule has 0 saturated carbocycles. The summed E-state index contributed by atoms with van der Waals surface area (Å²) in [6.45, 7) is 5.52. The van der Waals surface area contributed by atoms with Crippen molar-refractivity contribution in [3.63, 3.8) is 0 Å². The minimum Gasteiger partial charge on any atom is -0.207 e. The van der Waals surface area contributed by atoms with Crippen LogP contribution in [0.15, 0.2) is 12.1 Å². The maximum absolute atomic E-state index is 13.3. The zero-order valence-electron chi connectivity index (χ0n) is 8.44. The molecule has 0 amide bonds. The number of benzene rings is 1. The van der Waals surface area contributed by atoms with Crippen LogP contribution in [0.3, 0.4) is 0 Å². The molecule has 78 valence electrons. The summed E-state index contributed by atoms with van der Waals surface area (Å²) < 4.78 is 38.9. The monoisotopic (exact) mass is 202 g/mol. The van der Waals surface area contributed by atoms with Crippen LogP contribution in [0, 0.1) is 23.4 Å². The molecule has 1 rings (SSSR count). The largest absolute Gasteiger partial charge is 0.207 e. The van der Waals surface area contributed by atoms with Crippen molar-refractivity contribution in [1.29, 1.82) is 0 Å². The van der Waals surface area contributed by atoms with E-state index in [4.69, 9.17) is 0 Å². The molecule has 14 heavy (non-hydrogen) atoms. The highest BCUT2D eigenvalue weighted by Crippen LogP contribution is 2.27. The summed E-state index contributed by atoms with van der Waals surface area (Å²) in [5, 5.41) is 0. The van der Waals surface area contributed by atoms with Crippen molar-refractivity contribution < 1.29 is 13.2 Å². The van der Waals surface area contributed by atoms with Crippen LogP contribution in [0.4, 0.5) is 13.2 Å². The van der Waals surface area contributed by atoms with Gasteiger partial charge in [0.1, 0.15) is 5.82 Å². The Bertz CT molecular complexity index is 332. The molecular weight excluding hydrogens is 189 g/mol. The van der Waals surface area contributed by atoms with Gasteiger partial charge in [-0.3, -0.25) is 0 Å². The van der Waals surface area contributed by atoms with Gasteiger partial charge < -0.3 is 0 Å². The van der Waals surface area contributed by atoms with Gasteiger partial charge in [0.25, 0.3) is 0 Å². The van der Waals surface area contributed by atoms with Gasteiger partial charge >= 0.3 is 0 Å². The van der Waals surface area contributed by atoms with Crippen LogP contribution < -0.4 is 0 Å². The zero-order chi connectivity index (χ0) is 10.9. The number of hydrogen-bond donors (Lipinski definition) is 0. The first-order valence-electron chi connectivity index (χ1n) is 4.58. The van der Waals surface area contributed by atoms with Gasteiger partial charge in [0.2, 0.25) is 0 Å². The predicted molar refractivity (Wildman–Crippen MR) is 49.6 cm³/mol. The molecule has 0 spiro atoms. The third kappa shape index (κ3) is 2.08. The van der Waals surface area contributed by atoms with Gasteiger partial charge in [-0.2, -0.15) is 0 Å². The van der Waals surface area contributed by atoms with E-state index in [1.54, 1.807) is 6.92 Å². The number of rotatable bonds is 2. The topological polar surface area (TPSA) is 0 Å². The van der Waals surface area contributed by atoms with Gasteiger partial charge in [0, 0.05) is 6.07 Å². The quantitative estimate of drug-likeness (QED) is 0.639. The lowest BCUT2D eigenvalue weighted by Gasteiger charge is -2.16. The normalized spacial score (nSPS) is 13.4. The van der Waals surface area contributed by atoms with E-state index in [0.29, 0.717) is 6.07 Å². The Morgan fingerprint density at radius 2 is 1.57 bits per heavy atom. The Kier molecular flexibility index (Phi) is 3.19. The average molecular weight is 202 g/mol. The Balaban J connectivity index is 3.20. The fourth-order valence-electron chi connectivity index (χ4n) is 1.27. The Labute approximate surface area is 81.8 Å². The van der Waals surface area contributed by atoms with Gasteiger partial charge in [0.15, 0.2) is 11.6 Å². The van der Waals surface area contributed by atoms with Crippen molar-refractivity contribution in [2.24, 2.45) is 5.92 Å². The van der Waals surface area contributed by atoms with Gasteiger partial charge in [0.05, 0.1) is 0 Å². The molecule has 0 nitrogen and oxygen atoms in total. The van der Waals surface area contributed by atoms with E-state index < -0.39 is 17.5 Å². The van der Waals surface area contributed by atoms with E-state index in [9.17, 15) is 13.2 Å². The molecule has 3 heteroatoms. The second-order valence-electron chi connectivity index (χ2n) is 3.82. The first-order valence-corrected chi connectivity index (χ1v) is 4.58. The zero-order valence-corrected chi connectivity index (χ0v) is 8.44. The minimum atomic E-state index is -1.12. The maximum atomic E-state index is 13.3. The second-order valence-corrected chi connectivity index (χ2v) is 3.82. The van der Waals surface area contributed by atoms with Crippen LogP contribution in [0.2, 0.25) is 0 Å². The first-order chi connectivity index (χ1) is 6.43. The van der Waals surface area contributed by atoms with Gasteiger partial charge in [-0.15, -0.1) is 0 Å². The van der Waals surface area contributed by atoms with Crippen LogP contribution in [0.25, 0.3) is 0 Å². The van der Waals surface area contributed by atoms with E-state index in [0.717, 1.165) is 6.07 Å². The minimum absolute atomic E-state index is 0.109. The Morgan fingerprint density at radius 3 is 2.07 bits per heavy atom. The number of hydrogen-bond acceptors (Lipinski definition) is 0. The summed E-state index contributed by atoms with van der Waals surface area (Å²) in [5.41, 5.74) is 0.109. The summed E-state index contributed by atoms with van der Waals surface area (Å²) in [4.78, 5) is 0. The fraction of sp³-hybridized carbons (Fsp3) is 0.455. The molecule has 0 saturated heterocycles. The summed E-state index contributed by atoms with van der Waals surface area (Å²) in [5.74, 6) is -2.84. The van der Waals surface area contributed by atoms with Crippen molar-refractivity contribution in [3.8, 4) is 0 Å². The molecule has 0 radical (unpaired) electrons. The Hall–Kier alpha value is -0.990. The molecule has 0 aliphatic carbocycles. The van der Waals surface area contributed by atoms with Crippen LogP contribution in [0.5, 0.6) is 0 Å². The molecule has 0 fully saturated rings. The van der Waals surface area contributed by atoms with Crippen LogP contribution >= 0.6 is 0 Å². The van der Waals surface area contributed by atoms with Crippen LogP contribution in [-0.2, 0) is 0 Å². The molecule has 0 aliphatic rings. The van der Waals surface area contributed by atoms with Crippen LogP contribution in [0.1, 0.15) is 32.3 Å². The highest BCUT2D eigenvalue weighted by molar-refractivity contribution is 5.24. The molecule has 1 atom stereocenters. The summed E-state index contributed by atoms with van der Waals surface area (Å²) in [6, 6.07) is 1.62. The van der Waals surface area contributed by atoms with Crippen molar-refractivity contribution in [1.82, 2.24) is 0 Å². The summed E-state index contributed by atoms with van der Waals surface area (Å²) in [6.07, 6.45) is 0. The maximum Gasteiger partial charge on any atom is 0.162 e. The molecule has 0 N–H and O–H groups in total. The highest BCUT2D eigenvalue weighted by Gasteiger charge is 2.18. The van der Waals surface area contributed by atoms with E-state index >= 15 is 0 Å². The summed E-state index contributed by atoms with van der Waals surface area (Å²) >= 11 is 0. The summed E-state index contributed by atoms with van der Waals surface area (Å²) in [7, 11) is 0. The molecule has 0 aromatic heterocycles. The van der Waals surface area contributed by atoms with Crippen molar-refractivity contribution in [3.05, 3.63) is 35.1 Å². The molecule has 0 bridgehead atoms. The lowest BCUT2D eigenvalue weighted by Crippen LogP contribution is -2.06. The van der Waals surface area contributed by atoms with Gasteiger partial charge in [-0.1, -0.05) is 20.8 Å². The average Bonchev–Trinajstić information content (AvgIpc) is 2.09. The van der Waals surface area contributed by atoms with Crippen molar-refractivity contribution in [2.75, 3.05) is 0 Å². The fourth-order valence-corrected chi connectivity index (χ4v) is 1.27. The van der Waals surface area contributed by atoms with Gasteiger partial charge in [-0.05, 0) is 23.5 Å². The standard InChI is InChI=1S/C11H13F3/c1-6(2)7(3)9-4-8(12)5-10(13)11(9)14/h4-7H,1-3H3. The first kappa shape index (κ1) is 11.1. The predicted octanol–water partition coefficient (Wildman–Crippen LogP) is 3.86. The van der Waals surface area contributed by atoms with E-state index in [1.807, 2.05) is 13.8 Å². The molecule has 1 aromatic rings. The third-order valence-electron chi connectivity index (χ3n) is 2.51. The van der Waals surface area contributed by atoms with Gasteiger partial charge in [-0.25, -0.2) is 13.2 Å². The van der Waals surface area contributed by atoms with E-state index in [1.165, 1.54) is 0 Å². The molecule has 0 heterocycles. The lowest BCUT2D eigenvalue weighted by molar-refractivity contribution is 0.451. The highest BCUT2D eigenvalue weighted by atomic mass is 19.2. The van der Waals surface area contributed by atoms with E-state index in [2.05, 4.69) is 0 Å². The smallest absolute Gasteiger partial charge is 0.162 e. The van der Waals surface area contributed by atoms with E-state index in [-0.39, 0.29) is 17.4 Å². The van der Waals surface area contributed by atoms with Crippen molar-refractivity contribution in [2.45, 2.75) is 26.7 Å². The second kappa shape index (κ2) is 4.03. The SMILES string of the molecule is CC(C)C(C)c1cc(F)cc(F)c1F. The lowest BCUT2D eigenvalue weighted by atomic mass is 9.90. The third-order valence-corrected chi connectivity index (χ3v) is 2.51. The number of halogens is 3. The van der Waals surface area contributed by atoms with Crippen LogP contribution in [-0.4, -0.2) is 0 Å².